The maximum Gasteiger partial charge on any atom is 0.351 e. The van der Waals surface area contributed by atoms with E-state index in [0.717, 1.165) is 23.1 Å². The second kappa shape index (κ2) is 7.48. The lowest BCUT2D eigenvalue weighted by Crippen LogP contribution is -2.10. The molecule has 29 heavy (non-hydrogen) atoms. The Labute approximate surface area is 173 Å². The molecule has 0 saturated carbocycles. The van der Waals surface area contributed by atoms with Gasteiger partial charge in [-0.3, -0.25) is 0 Å². The van der Waals surface area contributed by atoms with Gasteiger partial charge in [0.25, 0.3) is 0 Å². The van der Waals surface area contributed by atoms with Crippen molar-refractivity contribution in [2.45, 2.75) is 38.7 Å². The lowest BCUT2D eigenvalue weighted by Gasteiger charge is -2.06. The van der Waals surface area contributed by atoms with Crippen LogP contribution in [0.5, 0.6) is 0 Å². The molecule has 148 valence electrons. The highest BCUT2D eigenvalue weighted by Gasteiger charge is 2.21. The molecule has 0 aromatic carbocycles. The second-order valence-electron chi connectivity index (χ2n) is 6.74. The van der Waals surface area contributed by atoms with Crippen molar-refractivity contribution in [1.29, 1.82) is 0 Å². The highest BCUT2D eigenvalue weighted by atomic mass is 32.1. The monoisotopic (exact) mass is 427 g/mol. The van der Waals surface area contributed by atoms with Gasteiger partial charge in [0, 0.05) is 4.88 Å². The Hall–Kier alpha value is -2.92. The zero-order chi connectivity index (χ0) is 19.8. The predicted molar refractivity (Wildman–Crippen MR) is 109 cm³/mol. The van der Waals surface area contributed by atoms with Crippen LogP contribution in [-0.2, 0) is 24.2 Å². The number of anilines is 1. The van der Waals surface area contributed by atoms with Gasteiger partial charge >= 0.3 is 5.97 Å². The number of ether oxygens (including phenoxy) is 1. The summed E-state index contributed by atoms with van der Waals surface area (Å²) in [6, 6.07) is 1.76. The van der Waals surface area contributed by atoms with Gasteiger partial charge in [-0.2, -0.15) is 4.68 Å². The number of hydrogen-bond acceptors (Lipinski definition) is 10. The summed E-state index contributed by atoms with van der Waals surface area (Å²) in [7, 11) is 0. The van der Waals surface area contributed by atoms with Crippen LogP contribution < -0.4 is 5.73 Å². The predicted octanol–water partition coefficient (Wildman–Crippen LogP) is 2.94. The fraction of sp³-hybridized carbons (Fsp3) is 0.333. The summed E-state index contributed by atoms with van der Waals surface area (Å²) in [5.41, 5.74) is 8.13. The minimum atomic E-state index is -0.477. The maximum atomic E-state index is 12.6. The molecule has 0 amide bonds. The first-order valence-corrected chi connectivity index (χ1v) is 10.9. The summed E-state index contributed by atoms with van der Waals surface area (Å²) in [6.07, 6.45) is 7.13. The highest BCUT2D eigenvalue weighted by molar-refractivity contribution is 7.19. The lowest BCUT2D eigenvalue weighted by atomic mass is 10.1. The molecule has 9 nitrogen and oxygen atoms in total. The van der Waals surface area contributed by atoms with E-state index < -0.39 is 5.97 Å². The Morgan fingerprint density at radius 2 is 2.14 bits per heavy atom. The molecule has 4 aromatic rings. The molecule has 0 aliphatic heterocycles. The number of thiophene rings is 2. The Morgan fingerprint density at radius 3 is 3.00 bits per heavy atom. The molecular formula is C18H17N7O2S2. The van der Waals surface area contributed by atoms with Crippen molar-refractivity contribution in [3.05, 3.63) is 38.9 Å². The minimum absolute atomic E-state index is 0.0471. The van der Waals surface area contributed by atoms with Crippen LogP contribution in [0.15, 0.2) is 17.8 Å². The van der Waals surface area contributed by atoms with Gasteiger partial charge in [0.2, 0.25) is 0 Å². The number of fused-ring (bicyclic) bond motifs is 3. The third-order valence-corrected chi connectivity index (χ3v) is 6.97. The number of aromatic nitrogens is 6. The number of nitrogens with two attached hydrogens (primary N) is 1. The lowest BCUT2D eigenvalue weighted by molar-refractivity contribution is 0.0468. The summed E-state index contributed by atoms with van der Waals surface area (Å²) in [4.78, 5) is 24.2. The number of nitrogen functional groups attached to an aromatic ring is 1. The van der Waals surface area contributed by atoms with Gasteiger partial charge in [0.05, 0.1) is 11.1 Å². The Bertz CT molecular complexity index is 1180. The topological polar surface area (TPSA) is 122 Å². The summed E-state index contributed by atoms with van der Waals surface area (Å²) in [6.45, 7) is -0.0471. The third-order valence-electron chi connectivity index (χ3n) is 4.90. The van der Waals surface area contributed by atoms with Crippen molar-refractivity contribution in [2.75, 3.05) is 5.73 Å². The van der Waals surface area contributed by atoms with Gasteiger partial charge in [-0.15, -0.1) is 27.8 Å². The first kappa shape index (κ1) is 18.1. The van der Waals surface area contributed by atoms with E-state index in [9.17, 15) is 4.79 Å². The quantitative estimate of drug-likeness (QED) is 0.390. The van der Waals surface area contributed by atoms with Gasteiger partial charge < -0.3 is 10.5 Å². The number of carbonyl (C=O) groups excluding carboxylic acids is 1. The normalized spacial score (nSPS) is 13.9. The van der Waals surface area contributed by atoms with Crippen LogP contribution in [0, 0.1) is 0 Å². The number of nitrogens with zero attached hydrogens (tertiary/aromatic N) is 6. The number of rotatable bonds is 4. The van der Waals surface area contributed by atoms with E-state index in [1.807, 2.05) is 0 Å². The summed E-state index contributed by atoms with van der Waals surface area (Å²) < 4.78 is 6.87. The van der Waals surface area contributed by atoms with Crippen LogP contribution in [-0.4, -0.2) is 36.1 Å². The van der Waals surface area contributed by atoms with Gasteiger partial charge in [0.1, 0.15) is 21.9 Å². The van der Waals surface area contributed by atoms with Crippen LogP contribution in [0.25, 0.3) is 15.9 Å². The second-order valence-corrected chi connectivity index (χ2v) is 8.73. The van der Waals surface area contributed by atoms with E-state index in [0.29, 0.717) is 22.2 Å². The molecule has 0 unspecified atom stereocenters. The van der Waals surface area contributed by atoms with Gasteiger partial charge in [-0.1, -0.05) is 6.42 Å². The van der Waals surface area contributed by atoms with E-state index in [-0.39, 0.29) is 6.61 Å². The zero-order valence-electron chi connectivity index (χ0n) is 15.4. The van der Waals surface area contributed by atoms with E-state index in [1.54, 1.807) is 22.8 Å². The van der Waals surface area contributed by atoms with E-state index in [4.69, 9.17) is 10.5 Å². The molecule has 2 N–H and O–H groups in total. The average Bonchev–Trinajstić information content (AvgIpc) is 3.43. The first-order valence-electron chi connectivity index (χ1n) is 9.25. The fourth-order valence-corrected chi connectivity index (χ4v) is 5.63. The highest BCUT2D eigenvalue weighted by Crippen LogP contribution is 2.37. The Morgan fingerprint density at radius 1 is 1.24 bits per heavy atom. The fourth-order valence-electron chi connectivity index (χ4n) is 3.58. The Kier molecular flexibility index (Phi) is 4.68. The number of tetrazole rings is 1. The molecule has 0 radical (unpaired) electrons. The standard InChI is InChI=1S/C18H17N7O2S2/c19-16-14-10-4-2-1-3-5-12(10)29-17(14)22-13(21-16)8-27-18(26)15-11(6-7-28-15)25-9-20-23-24-25/h6-7,9H,1-5,8H2,(H2,19,21,22). The molecule has 1 aliphatic rings. The minimum Gasteiger partial charge on any atom is -0.453 e. The molecule has 0 atom stereocenters. The summed E-state index contributed by atoms with van der Waals surface area (Å²) >= 11 is 2.94. The molecule has 0 fully saturated rings. The molecule has 4 heterocycles. The van der Waals surface area contributed by atoms with Crippen molar-refractivity contribution in [3.63, 3.8) is 0 Å². The first-order chi connectivity index (χ1) is 14.2. The van der Waals surface area contributed by atoms with Crippen molar-refractivity contribution in [1.82, 2.24) is 30.2 Å². The SMILES string of the molecule is Nc1nc(COC(=O)c2sccc2-n2cnnn2)nc2sc3c(c12)CCCCC3. The van der Waals surface area contributed by atoms with Gasteiger partial charge in [-0.25, -0.2) is 14.8 Å². The zero-order valence-corrected chi connectivity index (χ0v) is 17.0. The average molecular weight is 428 g/mol. The summed E-state index contributed by atoms with van der Waals surface area (Å²) in [5.74, 6) is 0.390. The molecule has 4 aromatic heterocycles. The van der Waals surface area contributed by atoms with Crippen molar-refractivity contribution in [2.24, 2.45) is 0 Å². The van der Waals surface area contributed by atoms with Crippen LogP contribution in [0.3, 0.4) is 0 Å². The van der Waals surface area contributed by atoms with Crippen LogP contribution in [0.4, 0.5) is 5.82 Å². The van der Waals surface area contributed by atoms with E-state index >= 15 is 0 Å². The number of aryl methyl sites for hydroxylation is 2. The molecule has 11 heteroatoms. The molecule has 0 bridgehead atoms. The van der Waals surface area contributed by atoms with E-state index in [1.165, 1.54) is 52.0 Å². The molecular weight excluding hydrogens is 410 g/mol. The molecule has 0 saturated heterocycles. The molecule has 5 rings (SSSR count). The van der Waals surface area contributed by atoms with Crippen LogP contribution >= 0.6 is 22.7 Å². The number of esters is 1. The van der Waals surface area contributed by atoms with Crippen molar-refractivity contribution < 1.29 is 9.53 Å². The number of hydrogen-bond donors (Lipinski definition) is 1. The van der Waals surface area contributed by atoms with Crippen LogP contribution in [0.1, 0.15) is 45.2 Å². The third kappa shape index (κ3) is 3.36. The van der Waals surface area contributed by atoms with Crippen molar-refractivity contribution >= 4 is 44.7 Å². The van der Waals surface area contributed by atoms with E-state index in [2.05, 4.69) is 25.5 Å². The summed E-state index contributed by atoms with van der Waals surface area (Å²) in [5, 5.41) is 13.8. The van der Waals surface area contributed by atoms with Gasteiger partial charge in [-0.05, 0) is 53.1 Å². The maximum absolute atomic E-state index is 12.6. The molecule has 0 spiro atoms. The van der Waals surface area contributed by atoms with Gasteiger partial charge in [0.15, 0.2) is 12.4 Å². The van der Waals surface area contributed by atoms with Crippen LogP contribution in [0.2, 0.25) is 0 Å². The largest absolute Gasteiger partial charge is 0.453 e. The van der Waals surface area contributed by atoms with Crippen molar-refractivity contribution in [3.8, 4) is 5.69 Å². The number of carbonyl (C=O) groups is 1. The molecule has 1 aliphatic carbocycles. The smallest absolute Gasteiger partial charge is 0.351 e. The Balaban J connectivity index is 1.38.